The molecule has 1 N–H and O–H groups in total. The summed E-state index contributed by atoms with van der Waals surface area (Å²) in [6.45, 7) is 7.84. The summed E-state index contributed by atoms with van der Waals surface area (Å²) in [5, 5.41) is 6.86. The predicted octanol–water partition coefficient (Wildman–Crippen LogP) is 3.28. The van der Waals surface area contributed by atoms with Crippen LogP contribution in [0.25, 0.3) is 0 Å². The SMILES string of the molecule is Cc1noc(C)c1CN1C(=O)N[C@@](CC(C)C)(c2ccccc2)C1=O. The summed E-state index contributed by atoms with van der Waals surface area (Å²) in [6.07, 6.45) is 0.541. The van der Waals surface area contributed by atoms with Crippen molar-refractivity contribution in [3.63, 3.8) is 0 Å². The van der Waals surface area contributed by atoms with Gasteiger partial charge in [0.2, 0.25) is 0 Å². The molecule has 1 fully saturated rings. The third-order valence-corrected chi connectivity index (χ3v) is 4.65. The molecule has 6 heteroatoms. The fraction of sp³-hybridized carbons (Fsp3) is 0.421. The molecule has 25 heavy (non-hydrogen) atoms. The number of urea groups is 1. The lowest BCUT2D eigenvalue weighted by molar-refractivity contribution is -0.132. The molecule has 0 spiro atoms. The first-order chi connectivity index (χ1) is 11.8. The minimum atomic E-state index is -1.02. The lowest BCUT2D eigenvalue weighted by Gasteiger charge is -2.29. The van der Waals surface area contributed by atoms with Gasteiger partial charge in [-0.3, -0.25) is 9.69 Å². The Bertz CT molecular complexity index is 778. The molecule has 2 heterocycles. The minimum absolute atomic E-state index is 0.165. The lowest BCUT2D eigenvalue weighted by atomic mass is 9.82. The zero-order valence-corrected chi connectivity index (χ0v) is 15.0. The van der Waals surface area contributed by atoms with E-state index in [4.69, 9.17) is 4.52 Å². The Morgan fingerprint density at radius 3 is 2.44 bits per heavy atom. The molecule has 1 aromatic heterocycles. The van der Waals surface area contributed by atoms with Gasteiger partial charge < -0.3 is 9.84 Å². The van der Waals surface area contributed by atoms with E-state index in [2.05, 4.69) is 10.5 Å². The zero-order chi connectivity index (χ0) is 18.2. The van der Waals surface area contributed by atoms with Crippen LogP contribution < -0.4 is 5.32 Å². The zero-order valence-electron chi connectivity index (χ0n) is 15.0. The van der Waals surface area contributed by atoms with Crippen LogP contribution in [0.3, 0.4) is 0 Å². The van der Waals surface area contributed by atoms with Crippen molar-refractivity contribution < 1.29 is 14.1 Å². The van der Waals surface area contributed by atoms with Crippen LogP contribution >= 0.6 is 0 Å². The van der Waals surface area contributed by atoms with E-state index >= 15 is 0 Å². The first-order valence-corrected chi connectivity index (χ1v) is 8.46. The summed E-state index contributed by atoms with van der Waals surface area (Å²) in [5.41, 5.74) is 1.25. The first kappa shape index (κ1) is 17.2. The summed E-state index contributed by atoms with van der Waals surface area (Å²) in [6, 6.07) is 9.06. The monoisotopic (exact) mass is 341 g/mol. The largest absolute Gasteiger partial charge is 0.361 e. The van der Waals surface area contributed by atoms with Gasteiger partial charge in [-0.2, -0.15) is 0 Å². The third-order valence-electron chi connectivity index (χ3n) is 4.65. The molecule has 1 saturated heterocycles. The van der Waals surface area contributed by atoms with Gasteiger partial charge >= 0.3 is 6.03 Å². The number of amides is 3. The van der Waals surface area contributed by atoms with Gasteiger partial charge in [-0.15, -0.1) is 0 Å². The van der Waals surface area contributed by atoms with E-state index < -0.39 is 5.54 Å². The highest BCUT2D eigenvalue weighted by atomic mass is 16.5. The number of carbonyl (C=O) groups excluding carboxylic acids is 2. The average molecular weight is 341 g/mol. The van der Waals surface area contributed by atoms with Crippen LogP contribution in [0.4, 0.5) is 4.79 Å². The quantitative estimate of drug-likeness (QED) is 0.847. The second-order valence-electron chi connectivity index (χ2n) is 6.99. The molecule has 0 bridgehead atoms. The molecule has 0 aliphatic carbocycles. The maximum absolute atomic E-state index is 13.3. The summed E-state index contributed by atoms with van der Waals surface area (Å²) < 4.78 is 5.16. The molecule has 0 radical (unpaired) electrons. The van der Waals surface area contributed by atoms with Crippen LogP contribution in [0.2, 0.25) is 0 Å². The van der Waals surface area contributed by atoms with E-state index in [1.165, 1.54) is 4.90 Å². The molecule has 3 rings (SSSR count). The second kappa shape index (κ2) is 6.35. The summed E-state index contributed by atoms with van der Waals surface area (Å²) in [7, 11) is 0. The van der Waals surface area contributed by atoms with Crippen molar-refractivity contribution in [3.8, 4) is 0 Å². The van der Waals surface area contributed by atoms with Crippen LogP contribution in [0.5, 0.6) is 0 Å². The van der Waals surface area contributed by atoms with Crippen molar-refractivity contribution in [1.82, 2.24) is 15.4 Å². The molecule has 1 atom stereocenters. The van der Waals surface area contributed by atoms with Gasteiger partial charge in [0.05, 0.1) is 12.2 Å². The van der Waals surface area contributed by atoms with Crippen LogP contribution in [0.15, 0.2) is 34.9 Å². The highest BCUT2D eigenvalue weighted by Crippen LogP contribution is 2.36. The van der Waals surface area contributed by atoms with Crippen LogP contribution in [0.1, 0.15) is 42.8 Å². The Labute approximate surface area is 147 Å². The number of rotatable bonds is 5. The normalized spacial score (nSPS) is 20.4. The topological polar surface area (TPSA) is 75.4 Å². The predicted molar refractivity (Wildman–Crippen MR) is 92.6 cm³/mol. The maximum Gasteiger partial charge on any atom is 0.325 e. The number of nitrogens with one attached hydrogen (secondary N) is 1. The van der Waals surface area contributed by atoms with E-state index in [0.717, 1.165) is 11.1 Å². The van der Waals surface area contributed by atoms with Gasteiger partial charge in [-0.25, -0.2) is 4.79 Å². The van der Waals surface area contributed by atoms with Gasteiger partial charge in [0.1, 0.15) is 11.3 Å². The Morgan fingerprint density at radius 2 is 1.88 bits per heavy atom. The Kier molecular flexibility index (Phi) is 4.37. The van der Waals surface area contributed by atoms with Gasteiger partial charge in [0.25, 0.3) is 5.91 Å². The molecular weight excluding hydrogens is 318 g/mol. The molecule has 0 saturated carbocycles. The van der Waals surface area contributed by atoms with Crippen molar-refractivity contribution in [2.75, 3.05) is 0 Å². The lowest BCUT2D eigenvalue weighted by Crippen LogP contribution is -2.45. The van der Waals surface area contributed by atoms with Crippen LogP contribution in [-0.2, 0) is 16.9 Å². The van der Waals surface area contributed by atoms with Crippen molar-refractivity contribution in [3.05, 3.63) is 52.9 Å². The minimum Gasteiger partial charge on any atom is -0.361 e. The Morgan fingerprint density at radius 1 is 1.20 bits per heavy atom. The number of aryl methyl sites for hydroxylation is 2. The summed E-state index contributed by atoms with van der Waals surface area (Å²) >= 11 is 0. The number of hydrogen-bond acceptors (Lipinski definition) is 4. The number of benzene rings is 1. The van der Waals surface area contributed by atoms with E-state index in [-0.39, 0.29) is 24.4 Å². The molecule has 1 aromatic carbocycles. The summed E-state index contributed by atoms with van der Waals surface area (Å²) in [5.74, 6) is 0.639. The van der Waals surface area contributed by atoms with E-state index in [9.17, 15) is 9.59 Å². The number of hydrogen-bond donors (Lipinski definition) is 1. The fourth-order valence-corrected chi connectivity index (χ4v) is 3.44. The van der Waals surface area contributed by atoms with Crippen molar-refractivity contribution >= 4 is 11.9 Å². The maximum atomic E-state index is 13.3. The van der Waals surface area contributed by atoms with Gasteiger partial charge in [0, 0.05) is 5.56 Å². The molecule has 6 nitrogen and oxygen atoms in total. The highest BCUT2D eigenvalue weighted by molar-refractivity contribution is 6.07. The standard InChI is InChI=1S/C19H23N3O3/c1-12(2)10-19(15-8-6-5-7-9-15)17(23)22(18(24)20-19)11-16-13(3)21-25-14(16)4/h5-9,12H,10-11H2,1-4H3,(H,20,24)/t19-/m0/s1. The van der Waals surface area contributed by atoms with E-state index in [1.54, 1.807) is 6.92 Å². The van der Waals surface area contributed by atoms with Gasteiger partial charge in [-0.1, -0.05) is 49.3 Å². The van der Waals surface area contributed by atoms with E-state index in [1.807, 2.05) is 51.1 Å². The number of nitrogens with zero attached hydrogens (tertiary/aromatic N) is 2. The van der Waals surface area contributed by atoms with Crippen molar-refractivity contribution in [1.29, 1.82) is 0 Å². The molecular formula is C19H23N3O3. The molecule has 0 unspecified atom stereocenters. The molecule has 2 aromatic rings. The van der Waals surface area contributed by atoms with Gasteiger partial charge in [-0.05, 0) is 31.7 Å². The van der Waals surface area contributed by atoms with Gasteiger partial charge in [0.15, 0.2) is 0 Å². The molecule has 1 aliphatic heterocycles. The van der Waals surface area contributed by atoms with Crippen LogP contribution in [0, 0.1) is 19.8 Å². The number of carbonyl (C=O) groups is 2. The number of imide groups is 1. The van der Waals surface area contributed by atoms with Crippen molar-refractivity contribution in [2.24, 2.45) is 5.92 Å². The molecule has 132 valence electrons. The number of aromatic nitrogens is 1. The second-order valence-corrected chi connectivity index (χ2v) is 6.99. The van der Waals surface area contributed by atoms with Crippen molar-refractivity contribution in [2.45, 2.75) is 46.2 Å². The Hall–Kier alpha value is -2.63. The molecule has 3 amide bonds. The first-order valence-electron chi connectivity index (χ1n) is 8.46. The fourth-order valence-electron chi connectivity index (χ4n) is 3.44. The van der Waals surface area contributed by atoms with E-state index in [0.29, 0.717) is 17.9 Å². The highest BCUT2D eigenvalue weighted by Gasteiger charge is 2.52. The average Bonchev–Trinajstić information content (AvgIpc) is 3.01. The smallest absolute Gasteiger partial charge is 0.325 e. The third kappa shape index (κ3) is 2.92. The summed E-state index contributed by atoms with van der Waals surface area (Å²) in [4.78, 5) is 27.2. The molecule has 1 aliphatic rings. The van der Waals surface area contributed by atoms with Crippen LogP contribution in [-0.4, -0.2) is 22.0 Å². The Balaban J connectivity index is 1.99.